The largest absolute Gasteiger partial charge is 0.497 e. The van der Waals surface area contributed by atoms with E-state index in [0.29, 0.717) is 23.8 Å². The number of nitrogens with one attached hydrogen (secondary N) is 1. The summed E-state index contributed by atoms with van der Waals surface area (Å²) in [5.41, 5.74) is 1.94. The highest BCUT2D eigenvalue weighted by molar-refractivity contribution is 7.92. The molecule has 0 spiro atoms. The Labute approximate surface area is 249 Å². The van der Waals surface area contributed by atoms with Gasteiger partial charge in [-0.2, -0.15) is 0 Å². The lowest BCUT2D eigenvalue weighted by Crippen LogP contribution is -2.52. The van der Waals surface area contributed by atoms with Crippen LogP contribution in [0, 0.1) is 6.92 Å². The van der Waals surface area contributed by atoms with Crippen molar-refractivity contribution in [2.45, 2.75) is 64.6 Å². The van der Waals surface area contributed by atoms with Crippen molar-refractivity contribution >= 4 is 27.5 Å². The number of nitrogens with zero attached hydrogens (tertiary/aromatic N) is 2. The fraction of sp³-hybridized carbons (Fsp3) is 0.375. The molecule has 3 aromatic carbocycles. The van der Waals surface area contributed by atoms with Crippen molar-refractivity contribution in [3.8, 4) is 11.5 Å². The molecular formula is C32H41N3O6S. The van der Waals surface area contributed by atoms with Crippen molar-refractivity contribution in [2.24, 2.45) is 0 Å². The van der Waals surface area contributed by atoms with Gasteiger partial charge in [0.25, 0.3) is 10.0 Å². The average Bonchev–Trinajstić information content (AvgIpc) is 2.99. The van der Waals surface area contributed by atoms with Crippen LogP contribution in [0.4, 0.5) is 5.69 Å². The number of hydrogen-bond acceptors (Lipinski definition) is 6. The van der Waals surface area contributed by atoms with Gasteiger partial charge in [0.2, 0.25) is 11.8 Å². The minimum Gasteiger partial charge on any atom is -0.497 e. The summed E-state index contributed by atoms with van der Waals surface area (Å²) in [6.45, 7) is 9.23. The van der Waals surface area contributed by atoms with Gasteiger partial charge in [0.05, 0.1) is 24.3 Å². The van der Waals surface area contributed by atoms with Crippen LogP contribution in [0.3, 0.4) is 0 Å². The van der Waals surface area contributed by atoms with Crippen LogP contribution in [0.2, 0.25) is 0 Å². The third-order valence-electron chi connectivity index (χ3n) is 6.98. The number of amides is 2. The molecule has 0 bridgehead atoms. The quantitative estimate of drug-likeness (QED) is 0.283. The zero-order chi connectivity index (χ0) is 30.9. The second kappa shape index (κ2) is 14.7. The number of methoxy groups -OCH3 is 1. The highest BCUT2D eigenvalue weighted by atomic mass is 32.2. The lowest BCUT2D eigenvalue weighted by Gasteiger charge is -2.32. The summed E-state index contributed by atoms with van der Waals surface area (Å²) in [6, 6.07) is 19.2. The molecule has 1 N–H and O–H groups in total. The Kier molecular flexibility index (Phi) is 11.4. The molecule has 0 radical (unpaired) electrons. The summed E-state index contributed by atoms with van der Waals surface area (Å²) < 4.78 is 39.9. The van der Waals surface area contributed by atoms with E-state index in [1.165, 1.54) is 17.0 Å². The zero-order valence-corrected chi connectivity index (χ0v) is 26.0. The van der Waals surface area contributed by atoms with Crippen molar-refractivity contribution in [3.63, 3.8) is 0 Å². The molecule has 0 unspecified atom stereocenters. The van der Waals surface area contributed by atoms with Crippen molar-refractivity contribution in [3.05, 3.63) is 83.9 Å². The second-order valence-electron chi connectivity index (χ2n) is 10.1. The van der Waals surface area contributed by atoms with Gasteiger partial charge in [-0.25, -0.2) is 8.42 Å². The number of sulfonamides is 1. The van der Waals surface area contributed by atoms with Gasteiger partial charge in [0.15, 0.2) is 0 Å². The first-order chi connectivity index (χ1) is 20.0. The second-order valence-corrected chi connectivity index (χ2v) is 12.0. The summed E-state index contributed by atoms with van der Waals surface area (Å²) in [5, 5.41) is 2.93. The van der Waals surface area contributed by atoms with E-state index >= 15 is 0 Å². The highest BCUT2D eigenvalue weighted by Crippen LogP contribution is 2.27. The Morgan fingerprint density at radius 2 is 1.60 bits per heavy atom. The normalized spacial score (nSPS) is 12.6. The van der Waals surface area contributed by atoms with Crippen LogP contribution in [0.1, 0.15) is 45.2 Å². The molecule has 226 valence electrons. The summed E-state index contributed by atoms with van der Waals surface area (Å²) in [5.74, 6) is 0.327. The van der Waals surface area contributed by atoms with Crippen LogP contribution in [0.25, 0.3) is 0 Å². The lowest BCUT2D eigenvalue weighted by molar-refractivity contribution is -0.139. The molecule has 10 heteroatoms. The minimum atomic E-state index is -4.15. The monoisotopic (exact) mass is 595 g/mol. The Morgan fingerprint density at radius 3 is 2.19 bits per heavy atom. The van der Waals surface area contributed by atoms with Crippen LogP contribution in [0.15, 0.2) is 77.7 Å². The third kappa shape index (κ3) is 8.25. The summed E-state index contributed by atoms with van der Waals surface area (Å²) in [4.78, 5) is 28.7. The third-order valence-corrected chi connectivity index (χ3v) is 8.77. The maximum absolute atomic E-state index is 14.1. The number of hydrogen-bond donors (Lipinski definition) is 1. The van der Waals surface area contributed by atoms with Gasteiger partial charge >= 0.3 is 0 Å². The topological polar surface area (TPSA) is 105 Å². The fourth-order valence-corrected chi connectivity index (χ4v) is 5.67. The number of anilines is 1. The first-order valence-corrected chi connectivity index (χ1v) is 15.5. The summed E-state index contributed by atoms with van der Waals surface area (Å²) >= 11 is 0. The molecular weight excluding hydrogens is 554 g/mol. The fourth-order valence-electron chi connectivity index (χ4n) is 4.26. The van der Waals surface area contributed by atoms with E-state index in [2.05, 4.69) is 5.32 Å². The molecule has 42 heavy (non-hydrogen) atoms. The van der Waals surface area contributed by atoms with Gasteiger partial charge in [0, 0.05) is 12.6 Å². The number of benzene rings is 3. The Balaban J connectivity index is 2.04. The molecule has 0 aliphatic carbocycles. The molecule has 0 aliphatic rings. The van der Waals surface area contributed by atoms with Crippen molar-refractivity contribution < 1.29 is 27.5 Å². The predicted molar refractivity (Wildman–Crippen MR) is 164 cm³/mol. The van der Waals surface area contributed by atoms with Gasteiger partial charge in [-0.1, -0.05) is 36.8 Å². The van der Waals surface area contributed by atoms with Gasteiger partial charge in [-0.05, 0) is 88.2 Å². The average molecular weight is 596 g/mol. The highest BCUT2D eigenvalue weighted by Gasteiger charge is 2.33. The van der Waals surface area contributed by atoms with Crippen LogP contribution < -0.4 is 19.1 Å². The van der Waals surface area contributed by atoms with Crippen LogP contribution >= 0.6 is 0 Å². The van der Waals surface area contributed by atoms with Crippen molar-refractivity contribution in [1.82, 2.24) is 10.2 Å². The first kappa shape index (κ1) is 32.5. The van der Waals surface area contributed by atoms with Crippen molar-refractivity contribution in [1.29, 1.82) is 0 Å². The molecule has 0 saturated heterocycles. The van der Waals surface area contributed by atoms with E-state index in [4.69, 9.17) is 9.47 Å². The lowest BCUT2D eigenvalue weighted by atomic mass is 10.1. The molecule has 2 atom stereocenters. The summed E-state index contributed by atoms with van der Waals surface area (Å²) in [6.07, 6.45) is 0.725. The molecule has 9 nitrogen and oxygen atoms in total. The number of rotatable bonds is 14. The molecule has 3 aromatic rings. The van der Waals surface area contributed by atoms with Crippen LogP contribution in [-0.2, 0) is 26.2 Å². The Bertz CT molecular complexity index is 1440. The van der Waals surface area contributed by atoms with Crippen LogP contribution in [-0.4, -0.2) is 57.5 Å². The molecule has 0 aromatic heterocycles. The van der Waals surface area contributed by atoms with Gasteiger partial charge in [-0.15, -0.1) is 0 Å². The van der Waals surface area contributed by atoms with E-state index in [1.54, 1.807) is 68.6 Å². The Morgan fingerprint density at radius 1 is 0.929 bits per heavy atom. The van der Waals surface area contributed by atoms with Gasteiger partial charge in [-0.3, -0.25) is 13.9 Å². The molecule has 2 amide bonds. The SMILES string of the molecule is CCOc1ccc(N(CC(=O)N(Cc2cccc(OC)c2)[C@@H](C)C(=O)N[C@@H](C)CC)S(=O)(=O)c2ccc(C)cc2)cc1. The molecule has 0 fully saturated rings. The van der Waals surface area contributed by atoms with E-state index in [9.17, 15) is 18.0 Å². The predicted octanol–water partition coefficient (Wildman–Crippen LogP) is 4.93. The van der Waals surface area contributed by atoms with Gasteiger partial charge in [0.1, 0.15) is 24.1 Å². The maximum atomic E-state index is 14.1. The Hall–Kier alpha value is -4.05. The molecule has 0 heterocycles. The maximum Gasteiger partial charge on any atom is 0.264 e. The van der Waals surface area contributed by atoms with Crippen molar-refractivity contribution in [2.75, 3.05) is 24.6 Å². The van der Waals surface area contributed by atoms with E-state index in [1.807, 2.05) is 33.8 Å². The smallest absolute Gasteiger partial charge is 0.264 e. The number of carbonyl (C=O) groups is 2. The first-order valence-electron chi connectivity index (χ1n) is 14.0. The number of ether oxygens (including phenoxy) is 2. The minimum absolute atomic E-state index is 0.0525. The standard InChI is InChI=1S/C32H41N3O6S/c1-7-24(4)33-32(37)25(5)34(21-26-10-9-11-29(20-26)40-6)31(36)22-35(27-14-16-28(17-15-27)41-8-2)42(38,39)30-18-12-23(3)13-19-30/h9-20,24-25H,7-8,21-22H2,1-6H3,(H,33,37)/t24-,25-/m0/s1. The molecule has 0 aliphatic heterocycles. The molecule has 3 rings (SSSR count). The van der Waals surface area contributed by atoms with E-state index in [-0.39, 0.29) is 23.4 Å². The van der Waals surface area contributed by atoms with E-state index in [0.717, 1.165) is 21.9 Å². The number of carbonyl (C=O) groups excluding carboxylic acids is 2. The molecule has 0 saturated carbocycles. The van der Waals surface area contributed by atoms with Gasteiger partial charge < -0.3 is 19.7 Å². The summed E-state index contributed by atoms with van der Waals surface area (Å²) in [7, 11) is -2.60. The number of aryl methyl sites for hydroxylation is 1. The zero-order valence-electron chi connectivity index (χ0n) is 25.2. The van der Waals surface area contributed by atoms with E-state index < -0.39 is 28.5 Å². The van der Waals surface area contributed by atoms with Crippen LogP contribution in [0.5, 0.6) is 11.5 Å².